The van der Waals surface area contributed by atoms with Gasteiger partial charge in [0.25, 0.3) is 0 Å². The summed E-state index contributed by atoms with van der Waals surface area (Å²) in [5.74, 6) is 0. The number of alkyl halides is 3. The maximum Gasteiger partial charge on any atom is 0.523 e. The second-order valence-electron chi connectivity index (χ2n) is 2.92. The fourth-order valence-electron chi connectivity index (χ4n) is 1.16. The van der Waals surface area contributed by atoms with Crippen LogP contribution in [0, 0.1) is 0 Å². The number of halogens is 3. The Morgan fingerprint density at radius 1 is 1.45 bits per heavy atom. The summed E-state index contributed by atoms with van der Waals surface area (Å²) < 4.78 is 39.0. The lowest BCUT2D eigenvalue weighted by atomic mass is 10.1. The van der Waals surface area contributed by atoms with Crippen molar-refractivity contribution in [1.29, 1.82) is 0 Å². The van der Waals surface area contributed by atoms with Crippen molar-refractivity contribution in [3.8, 4) is 0 Å². The molecule has 1 atom stereocenters. The van der Waals surface area contributed by atoms with Crippen LogP contribution in [0.3, 0.4) is 0 Å². The van der Waals surface area contributed by atoms with E-state index in [4.69, 9.17) is 0 Å². The smallest absolute Gasteiger partial charge is 0.314 e. The van der Waals surface area contributed by atoms with Crippen molar-refractivity contribution in [2.24, 2.45) is 0 Å². The van der Waals surface area contributed by atoms with Crippen LogP contribution < -0.4 is 5.32 Å². The summed E-state index contributed by atoms with van der Waals surface area (Å²) in [5, 5.41) is 2.81. The Hall–Kier alpha value is -0.290. The number of hydrogen-bond donors (Lipinski definition) is 1. The van der Waals surface area contributed by atoms with E-state index in [1.165, 1.54) is 6.92 Å². The van der Waals surface area contributed by atoms with E-state index >= 15 is 0 Å². The summed E-state index contributed by atoms with van der Waals surface area (Å²) in [4.78, 5) is 0. The van der Waals surface area contributed by atoms with Crippen LogP contribution in [0.25, 0.3) is 0 Å². The summed E-state index contributed by atoms with van der Waals surface area (Å²) in [6.45, 7) is 2.32. The minimum Gasteiger partial charge on any atom is -0.314 e. The Morgan fingerprint density at radius 2 is 2.09 bits per heavy atom. The third kappa shape index (κ3) is 2.67. The van der Waals surface area contributed by atoms with Gasteiger partial charge in [-0.25, -0.2) is 0 Å². The summed E-state index contributed by atoms with van der Waals surface area (Å²) in [6, 6.07) is 0. The van der Waals surface area contributed by atoms with Crippen molar-refractivity contribution >= 4 is 0 Å². The van der Waals surface area contributed by atoms with Crippen LogP contribution in [0.15, 0.2) is 0 Å². The summed E-state index contributed by atoms with van der Waals surface area (Å²) in [6.07, 6.45) is -4.10. The van der Waals surface area contributed by atoms with E-state index in [2.05, 4.69) is 10.1 Å². The van der Waals surface area contributed by atoms with Gasteiger partial charge in [-0.2, -0.15) is 0 Å². The molecule has 1 heterocycles. The minimum atomic E-state index is -4.51. The molecule has 1 rings (SSSR count). The van der Waals surface area contributed by atoms with E-state index in [1.54, 1.807) is 0 Å². The van der Waals surface area contributed by atoms with Gasteiger partial charge in [-0.15, -0.1) is 13.2 Å². The van der Waals surface area contributed by atoms with Gasteiger partial charge < -0.3 is 5.32 Å². The van der Waals surface area contributed by atoms with E-state index in [1.807, 2.05) is 0 Å². The van der Waals surface area contributed by atoms with Gasteiger partial charge in [0, 0.05) is 6.54 Å². The quantitative estimate of drug-likeness (QED) is 0.638. The maximum atomic E-state index is 11.7. The van der Waals surface area contributed by atoms with Gasteiger partial charge in [-0.05, 0) is 19.9 Å². The van der Waals surface area contributed by atoms with Gasteiger partial charge in [0.05, 0.1) is 5.60 Å². The fraction of sp³-hybridized carbons (Fsp3) is 1.00. The lowest BCUT2D eigenvalue weighted by Gasteiger charge is -2.24. The zero-order chi connectivity index (χ0) is 8.54. The number of hydrogen-bond acceptors (Lipinski definition) is 2. The molecule has 11 heavy (non-hydrogen) atoms. The van der Waals surface area contributed by atoms with Crippen LogP contribution in [0.4, 0.5) is 13.2 Å². The van der Waals surface area contributed by atoms with Gasteiger partial charge >= 0.3 is 6.36 Å². The van der Waals surface area contributed by atoms with Crippen LogP contribution in [0.5, 0.6) is 0 Å². The van der Waals surface area contributed by atoms with Gasteiger partial charge in [-0.1, -0.05) is 0 Å². The maximum absolute atomic E-state index is 11.7. The van der Waals surface area contributed by atoms with Crippen molar-refractivity contribution in [2.75, 3.05) is 13.1 Å². The van der Waals surface area contributed by atoms with Crippen molar-refractivity contribution in [3.05, 3.63) is 0 Å². The molecule has 1 saturated heterocycles. The summed E-state index contributed by atoms with van der Waals surface area (Å²) in [5.41, 5.74) is -1.06. The SMILES string of the molecule is CC1(OC(F)(F)F)CCNC1. The molecule has 0 aliphatic carbocycles. The van der Waals surface area contributed by atoms with E-state index < -0.39 is 12.0 Å². The molecule has 1 unspecified atom stereocenters. The highest BCUT2D eigenvalue weighted by molar-refractivity contribution is 4.85. The van der Waals surface area contributed by atoms with Crippen LogP contribution in [0.1, 0.15) is 13.3 Å². The first kappa shape index (κ1) is 8.80. The molecule has 66 valence electrons. The number of rotatable bonds is 1. The number of nitrogens with one attached hydrogen (secondary N) is 1. The molecule has 5 heteroatoms. The Labute approximate surface area is 62.7 Å². The minimum absolute atomic E-state index is 0.270. The van der Waals surface area contributed by atoms with Crippen molar-refractivity contribution < 1.29 is 17.9 Å². The third-order valence-corrected chi connectivity index (χ3v) is 1.69. The average molecular weight is 169 g/mol. The van der Waals surface area contributed by atoms with Crippen LogP contribution >= 0.6 is 0 Å². The molecule has 1 N–H and O–H groups in total. The third-order valence-electron chi connectivity index (χ3n) is 1.69. The van der Waals surface area contributed by atoms with E-state index in [0.717, 1.165) is 0 Å². The molecule has 0 saturated carbocycles. The molecular weight excluding hydrogens is 159 g/mol. The van der Waals surface area contributed by atoms with E-state index in [0.29, 0.717) is 13.0 Å². The highest BCUT2D eigenvalue weighted by Crippen LogP contribution is 2.28. The Kier molecular flexibility index (Phi) is 2.11. The molecule has 0 spiro atoms. The monoisotopic (exact) mass is 169 g/mol. The predicted octanol–water partition coefficient (Wildman–Crippen LogP) is 1.27. The normalized spacial score (nSPS) is 32.7. The molecule has 1 aliphatic rings. The fourth-order valence-corrected chi connectivity index (χ4v) is 1.16. The Bertz CT molecular complexity index is 139. The highest BCUT2D eigenvalue weighted by Gasteiger charge is 2.42. The zero-order valence-corrected chi connectivity index (χ0v) is 6.16. The lowest BCUT2D eigenvalue weighted by Crippen LogP contribution is -2.37. The first-order valence-corrected chi connectivity index (χ1v) is 3.39. The molecule has 0 amide bonds. The highest BCUT2D eigenvalue weighted by atomic mass is 19.4. The lowest BCUT2D eigenvalue weighted by molar-refractivity contribution is -0.360. The summed E-state index contributed by atoms with van der Waals surface area (Å²) in [7, 11) is 0. The first-order chi connectivity index (χ1) is 4.91. The van der Waals surface area contributed by atoms with E-state index in [-0.39, 0.29) is 6.54 Å². The van der Waals surface area contributed by atoms with Gasteiger partial charge in [0.1, 0.15) is 0 Å². The molecule has 0 aromatic carbocycles. The molecule has 2 nitrogen and oxygen atoms in total. The molecule has 0 aromatic rings. The van der Waals surface area contributed by atoms with Crippen molar-refractivity contribution in [3.63, 3.8) is 0 Å². The molecule has 0 radical (unpaired) electrons. The zero-order valence-electron chi connectivity index (χ0n) is 6.16. The standard InChI is InChI=1S/C6H10F3NO/c1-5(2-3-10-4-5)11-6(7,8)9/h10H,2-4H2,1H3. The second-order valence-corrected chi connectivity index (χ2v) is 2.92. The van der Waals surface area contributed by atoms with Crippen LogP contribution in [-0.4, -0.2) is 25.1 Å². The Balaban J connectivity index is 2.46. The average Bonchev–Trinajstić information content (AvgIpc) is 2.09. The van der Waals surface area contributed by atoms with Crippen LogP contribution in [0.2, 0.25) is 0 Å². The molecule has 0 bridgehead atoms. The largest absolute Gasteiger partial charge is 0.523 e. The second kappa shape index (κ2) is 2.64. The molecule has 1 aliphatic heterocycles. The summed E-state index contributed by atoms with van der Waals surface area (Å²) >= 11 is 0. The van der Waals surface area contributed by atoms with Gasteiger partial charge in [0.2, 0.25) is 0 Å². The molecule has 1 fully saturated rings. The first-order valence-electron chi connectivity index (χ1n) is 3.39. The van der Waals surface area contributed by atoms with Gasteiger partial charge in [0.15, 0.2) is 0 Å². The van der Waals surface area contributed by atoms with Crippen molar-refractivity contribution in [2.45, 2.75) is 25.3 Å². The molecule has 0 aromatic heterocycles. The van der Waals surface area contributed by atoms with Gasteiger partial charge in [-0.3, -0.25) is 4.74 Å². The number of ether oxygens (including phenoxy) is 1. The molecular formula is C6H10F3NO. The van der Waals surface area contributed by atoms with Crippen LogP contribution in [-0.2, 0) is 4.74 Å². The van der Waals surface area contributed by atoms with Crippen molar-refractivity contribution in [1.82, 2.24) is 5.32 Å². The topological polar surface area (TPSA) is 21.3 Å². The van der Waals surface area contributed by atoms with E-state index in [9.17, 15) is 13.2 Å². The Morgan fingerprint density at radius 3 is 2.45 bits per heavy atom. The predicted molar refractivity (Wildman–Crippen MR) is 33.0 cm³/mol.